The maximum atomic E-state index is 12.4. The molecule has 0 aromatic heterocycles. The average Bonchev–Trinajstić information content (AvgIpc) is 3.14. The molecule has 5 rings (SSSR count). The van der Waals surface area contributed by atoms with Gasteiger partial charge in [0.25, 0.3) is 0 Å². The Morgan fingerprint density at radius 3 is 2.41 bits per heavy atom. The third-order valence-electron chi connectivity index (χ3n) is 6.92. The van der Waals surface area contributed by atoms with Crippen LogP contribution in [0.3, 0.4) is 0 Å². The summed E-state index contributed by atoms with van der Waals surface area (Å²) in [5.74, 6) is 1.11. The van der Waals surface area contributed by atoms with E-state index < -0.39 is 0 Å². The van der Waals surface area contributed by atoms with Crippen molar-refractivity contribution in [3.8, 4) is 5.75 Å². The monoisotopic (exact) mass is 484 g/mol. The van der Waals surface area contributed by atoms with Crippen LogP contribution in [0.5, 0.6) is 5.75 Å². The topological polar surface area (TPSA) is 79.6 Å². The van der Waals surface area contributed by atoms with Crippen LogP contribution in [-0.2, 0) is 10.2 Å². The zero-order chi connectivity index (χ0) is 24.7. The fourth-order valence-electron chi connectivity index (χ4n) is 4.83. The number of ether oxygens (including phenoxy) is 1. The first-order valence-corrected chi connectivity index (χ1v) is 13.6. The highest BCUT2D eigenvalue weighted by Gasteiger charge is 2.51. The van der Waals surface area contributed by atoms with Gasteiger partial charge in [-0.25, -0.2) is 0 Å². The molecule has 4 N–H and O–H groups in total. The number of anilines is 3. The van der Waals surface area contributed by atoms with Gasteiger partial charge in [-0.1, -0.05) is 32.4 Å². The summed E-state index contributed by atoms with van der Waals surface area (Å²) in [6.07, 6.45) is 7.31. The van der Waals surface area contributed by atoms with Crippen molar-refractivity contribution in [3.05, 3.63) is 42.0 Å². The number of nitrogens with one attached hydrogen (secondary N) is 2. The third-order valence-corrected chi connectivity index (χ3v) is 7.70. The molecule has 2 fully saturated rings. The summed E-state index contributed by atoms with van der Waals surface area (Å²) in [5, 5.41) is 6.74. The number of piperidine rings is 1. The van der Waals surface area contributed by atoms with E-state index >= 15 is 0 Å². The van der Waals surface area contributed by atoms with Crippen molar-refractivity contribution >= 4 is 34.7 Å². The van der Waals surface area contributed by atoms with E-state index in [1.54, 1.807) is 18.9 Å². The Hall–Kier alpha value is -2.38. The van der Waals surface area contributed by atoms with Crippen molar-refractivity contribution in [1.29, 1.82) is 0 Å². The fourth-order valence-corrected chi connectivity index (χ4v) is 5.40. The average molecular weight is 485 g/mol. The number of carbonyl (C=O) groups excluding carboxylic acids is 1. The van der Waals surface area contributed by atoms with E-state index in [9.17, 15) is 4.79 Å². The van der Waals surface area contributed by atoms with Crippen molar-refractivity contribution in [2.24, 2.45) is 0 Å². The summed E-state index contributed by atoms with van der Waals surface area (Å²) in [5.41, 5.74) is 9.65. The van der Waals surface area contributed by atoms with E-state index in [-0.39, 0.29) is 11.3 Å². The van der Waals surface area contributed by atoms with Gasteiger partial charge in [0.05, 0.1) is 23.9 Å². The van der Waals surface area contributed by atoms with Gasteiger partial charge >= 0.3 is 0 Å². The minimum atomic E-state index is -0.298. The van der Waals surface area contributed by atoms with Gasteiger partial charge in [0.2, 0.25) is 5.91 Å². The molecular weight excluding hydrogens is 444 g/mol. The maximum absolute atomic E-state index is 12.4. The molecule has 2 aromatic carbocycles. The summed E-state index contributed by atoms with van der Waals surface area (Å²) in [6.45, 7) is 6.22. The Morgan fingerprint density at radius 1 is 1.18 bits per heavy atom. The Balaban J connectivity index is 0.000000228. The molecule has 3 aliphatic rings. The Bertz CT molecular complexity index is 946. The quantitative estimate of drug-likeness (QED) is 0.388. The Labute approximate surface area is 209 Å². The number of thioether (sulfide) groups is 1. The van der Waals surface area contributed by atoms with Crippen LogP contribution in [0.4, 0.5) is 17.1 Å². The van der Waals surface area contributed by atoms with Crippen LogP contribution in [0, 0.1) is 0 Å². The molecule has 1 spiro atoms. The molecule has 0 radical (unpaired) electrons. The molecule has 0 atom stereocenters. The van der Waals surface area contributed by atoms with Crippen LogP contribution in [-0.4, -0.2) is 50.4 Å². The van der Waals surface area contributed by atoms with Gasteiger partial charge < -0.3 is 26.0 Å². The maximum Gasteiger partial charge on any atom is 0.235 e. The zero-order valence-electron chi connectivity index (χ0n) is 21.2. The van der Waals surface area contributed by atoms with Crippen LogP contribution in [0.1, 0.15) is 51.5 Å². The van der Waals surface area contributed by atoms with Gasteiger partial charge in [0.15, 0.2) is 0 Å². The van der Waals surface area contributed by atoms with Gasteiger partial charge in [-0.05, 0) is 81.9 Å². The van der Waals surface area contributed by atoms with Crippen LogP contribution >= 0.6 is 11.8 Å². The first kappa shape index (κ1) is 26.2. The standard InChI is InChI=1S/C17H24N4O.C8H10OS.C2H6/c1-21-7-3-12(4-8-21)19-14-10-11(18)9-13-15(14)20-16(22)17(13)5-2-6-17;1-9-7-5-3-4-6-8(7)10-2;1-2/h9-10,12,19H,2-8,18H2,1H3,(H,20,22);3-6H,1-2H3;1-2H3. The SMILES string of the molecule is CC.CN1CCC(Nc2cc(N)cc3c2NC(=O)C32CCC2)CC1.COc1ccccc1SC. The van der Waals surface area contributed by atoms with Crippen LogP contribution < -0.4 is 21.1 Å². The number of nitrogens with zero attached hydrogens (tertiary/aromatic N) is 1. The predicted molar refractivity (Wildman–Crippen MR) is 145 cm³/mol. The van der Waals surface area contributed by atoms with E-state index in [1.807, 2.05) is 56.5 Å². The lowest BCUT2D eigenvalue weighted by Gasteiger charge is -2.36. The number of hydrogen-bond acceptors (Lipinski definition) is 6. The van der Waals surface area contributed by atoms with Crippen molar-refractivity contribution in [2.75, 3.05) is 49.9 Å². The second-order valence-electron chi connectivity index (χ2n) is 8.96. The minimum Gasteiger partial charge on any atom is -0.496 e. The normalized spacial score (nSPS) is 18.4. The Morgan fingerprint density at radius 2 is 1.85 bits per heavy atom. The van der Waals surface area contributed by atoms with E-state index in [0.29, 0.717) is 6.04 Å². The molecule has 1 aliphatic carbocycles. The summed E-state index contributed by atoms with van der Waals surface area (Å²) in [4.78, 5) is 16.0. The number of nitrogens with two attached hydrogens (primary N) is 1. The molecule has 2 heterocycles. The van der Waals surface area contributed by atoms with Gasteiger partial charge in [-0.3, -0.25) is 4.79 Å². The molecule has 6 nitrogen and oxygen atoms in total. The fraction of sp³-hybridized carbons (Fsp3) is 0.519. The number of fused-ring (bicyclic) bond motifs is 2. The number of carbonyl (C=O) groups is 1. The molecule has 0 unspecified atom stereocenters. The molecule has 2 aromatic rings. The molecule has 1 amide bonds. The van der Waals surface area contributed by atoms with Crippen molar-refractivity contribution in [2.45, 2.75) is 62.3 Å². The number of amides is 1. The highest BCUT2D eigenvalue weighted by Crippen LogP contribution is 2.53. The predicted octanol–water partition coefficient (Wildman–Crippen LogP) is 5.59. The number of rotatable bonds is 4. The molecule has 1 saturated carbocycles. The smallest absolute Gasteiger partial charge is 0.235 e. The number of nitrogen functional groups attached to an aromatic ring is 1. The zero-order valence-corrected chi connectivity index (χ0v) is 22.1. The number of methoxy groups -OCH3 is 1. The molecule has 34 heavy (non-hydrogen) atoms. The van der Waals surface area contributed by atoms with E-state index in [4.69, 9.17) is 10.5 Å². The van der Waals surface area contributed by atoms with Gasteiger partial charge in [-0.2, -0.15) is 0 Å². The summed E-state index contributed by atoms with van der Waals surface area (Å²) < 4.78 is 5.12. The first-order chi connectivity index (χ1) is 16.5. The summed E-state index contributed by atoms with van der Waals surface area (Å²) >= 11 is 1.69. The van der Waals surface area contributed by atoms with Crippen LogP contribution in [0.15, 0.2) is 41.3 Å². The first-order valence-electron chi connectivity index (χ1n) is 12.3. The van der Waals surface area contributed by atoms with E-state index in [1.165, 1.54) is 4.90 Å². The van der Waals surface area contributed by atoms with Crippen molar-refractivity contribution in [1.82, 2.24) is 4.90 Å². The van der Waals surface area contributed by atoms with Crippen molar-refractivity contribution in [3.63, 3.8) is 0 Å². The number of likely N-dealkylation sites (tertiary alicyclic amines) is 1. The number of para-hydroxylation sites is 1. The van der Waals surface area contributed by atoms with Crippen LogP contribution in [0.25, 0.3) is 0 Å². The molecule has 186 valence electrons. The lowest BCUT2D eigenvalue weighted by Crippen LogP contribution is -2.40. The third kappa shape index (κ3) is 5.47. The molecule has 7 heteroatoms. The van der Waals surface area contributed by atoms with E-state index in [0.717, 1.165) is 73.6 Å². The van der Waals surface area contributed by atoms with Crippen molar-refractivity contribution < 1.29 is 9.53 Å². The van der Waals surface area contributed by atoms with Gasteiger partial charge in [0, 0.05) is 16.6 Å². The largest absolute Gasteiger partial charge is 0.496 e. The Kier molecular flexibility index (Phi) is 9.14. The lowest BCUT2D eigenvalue weighted by molar-refractivity contribution is -0.123. The van der Waals surface area contributed by atoms with Gasteiger partial charge in [-0.15, -0.1) is 11.8 Å². The highest BCUT2D eigenvalue weighted by molar-refractivity contribution is 7.98. The second-order valence-corrected chi connectivity index (χ2v) is 9.81. The number of benzene rings is 2. The molecule has 0 bridgehead atoms. The van der Waals surface area contributed by atoms with E-state index in [2.05, 4.69) is 22.6 Å². The number of hydrogen-bond donors (Lipinski definition) is 3. The molecular formula is C27H40N4O2S. The molecule has 2 aliphatic heterocycles. The summed E-state index contributed by atoms with van der Waals surface area (Å²) in [7, 11) is 3.85. The summed E-state index contributed by atoms with van der Waals surface area (Å²) in [6, 6.07) is 12.4. The molecule has 1 saturated heterocycles. The second kappa shape index (κ2) is 11.8. The van der Waals surface area contributed by atoms with Gasteiger partial charge in [0.1, 0.15) is 5.75 Å². The highest BCUT2D eigenvalue weighted by atomic mass is 32.2. The lowest BCUT2D eigenvalue weighted by atomic mass is 9.65. The minimum absolute atomic E-state index is 0.158. The van der Waals surface area contributed by atoms with Crippen LogP contribution in [0.2, 0.25) is 0 Å².